The Morgan fingerprint density at radius 3 is 2.53 bits per heavy atom. The Morgan fingerprint density at radius 2 is 1.93 bits per heavy atom. The molecule has 0 radical (unpaired) electrons. The molecule has 2 rings (SSSR count). The van der Waals surface area contributed by atoms with Crippen LogP contribution in [0.3, 0.4) is 0 Å². The maximum atomic E-state index is 5.78. The summed E-state index contributed by atoms with van der Waals surface area (Å²) in [6, 6.07) is 8.35. The number of hydrogen-bond donors (Lipinski definition) is 1. The summed E-state index contributed by atoms with van der Waals surface area (Å²) in [5.74, 6) is 0. The lowest BCUT2D eigenvalue weighted by atomic mass is 9.85. The molecule has 1 saturated heterocycles. The van der Waals surface area contributed by atoms with Crippen molar-refractivity contribution in [2.75, 3.05) is 20.2 Å². The van der Waals surface area contributed by atoms with Crippen LogP contribution in [0.1, 0.15) is 18.4 Å². The lowest BCUT2D eigenvalue weighted by Crippen LogP contribution is -2.41. The van der Waals surface area contributed by atoms with Crippen LogP contribution in [-0.4, -0.2) is 20.2 Å². The fraction of sp³-hybridized carbons (Fsp3) is 0.500. The molecule has 15 heavy (non-hydrogen) atoms. The number of ether oxygens (including phenoxy) is 1. The largest absolute Gasteiger partial charge is 0.373 e. The van der Waals surface area contributed by atoms with Crippen LogP contribution in [0.4, 0.5) is 0 Å². The summed E-state index contributed by atoms with van der Waals surface area (Å²) in [5.41, 5.74) is 1.17. The van der Waals surface area contributed by atoms with Crippen LogP contribution in [0.15, 0.2) is 28.7 Å². The average molecular weight is 270 g/mol. The lowest BCUT2D eigenvalue weighted by molar-refractivity contribution is -0.0396. The quantitative estimate of drug-likeness (QED) is 0.892. The van der Waals surface area contributed by atoms with Gasteiger partial charge in [0.25, 0.3) is 0 Å². The molecule has 1 heterocycles. The number of methoxy groups -OCH3 is 1. The first-order chi connectivity index (χ1) is 7.28. The second kappa shape index (κ2) is 4.64. The third-order valence-electron chi connectivity index (χ3n) is 3.17. The van der Waals surface area contributed by atoms with Crippen LogP contribution < -0.4 is 5.32 Å². The van der Waals surface area contributed by atoms with Crippen LogP contribution in [0, 0.1) is 0 Å². The predicted octanol–water partition coefficient (Wildman–Crippen LogP) is 2.67. The zero-order valence-corrected chi connectivity index (χ0v) is 10.5. The SMILES string of the molecule is COC1(c2ccccc2Br)CCNCC1. The van der Waals surface area contributed by atoms with Gasteiger partial charge in [-0.1, -0.05) is 34.1 Å². The number of halogens is 1. The minimum absolute atomic E-state index is 0.106. The van der Waals surface area contributed by atoms with Gasteiger partial charge in [0.1, 0.15) is 0 Å². The Balaban J connectivity index is 2.36. The maximum absolute atomic E-state index is 5.78. The van der Waals surface area contributed by atoms with Gasteiger partial charge in [0.2, 0.25) is 0 Å². The molecule has 1 aliphatic heterocycles. The van der Waals surface area contributed by atoms with Gasteiger partial charge >= 0.3 is 0 Å². The van der Waals surface area contributed by atoms with Crippen molar-refractivity contribution in [2.45, 2.75) is 18.4 Å². The third kappa shape index (κ3) is 2.10. The highest BCUT2D eigenvalue weighted by Gasteiger charge is 2.34. The van der Waals surface area contributed by atoms with Gasteiger partial charge in [0.15, 0.2) is 0 Å². The van der Waals surface area contributed by atoms with E-state index in [2.05, 4.69) is 39.4 Å². The van der Waals surface area contributed by atoms with Crippen molar-refractivity contribution in [1.82, 2.24) is 5.32 Å². The molecular formula is C12H16BrNO. The van der Waals surface area contributed by atoms with E-state index in [0.717, 1.165) is 30.4 Å². The van der Waals surface area contributed by atoms with Gasteiger partial charge in [-0.25, -0.2) is 0 Å². The summed E-state index contributed by atoms with van der Waals surface area (Å²) < 4.78 is 6.92. The molecule has 0 aromatic heterocycles. The Morgan fingerprint density at radius 1 is 1.27 bits per heavy atom. The van der Waals surface area contributed by atoms with E-state index in [1.54, 1.807) is 0 Å². The third-order valence-corrected chi connectivity index (χ3v) is 3.86. The number of hydrogen-bond acceptors (Lipinski definition) is 2. The van der Waals surface area contributed by atoms with Crippen molar-refractivity contribution in [3.63, 3.8) is 0 Å². The first-order valence-corrected chi connectivity index (χ1v) is 6.09. The van der Waals surface area contributed by atoms with Gasteiger partial charge in [-0.15, -0.1) is 0 Å². The van der Waals surface area contributed by atoms with Crippen LogP contribution >= 0.6 is 15.9 Å². The molecule has 0 spiro atoms. The predicted molar refractivity (Wildman–Crippen MR) is 64.9 cm³/mol. The molecule has 1 N–H and O–H groups in total. The van der Waals surface area contributed by atoms with Gasteiger partial charge in [0, 0.05) is 11.6 Å². The van der Waals surface area contributed by atoms with Crippen LogP contribution in [0.2, 0.25) is 0 Å². The Kier molecular flexibility index (Phi) is 3.44. The molecule has 0 bridgehead atoms. The molecule has 2 nitrogen and oxygen atoms in total. The van der Waals surface area contributed by atoms with Crippen LogP contribution in [0.5, 0.6) is 0 Å². The summed E-state index contributed by atoms with van der Waals surface area (Å²) in [6.07, 6.45) is 2.07. The van der Waals surface area contributed by atoms with E-state index in [1.807, 2.05) is 13.2 Å². The van der Waals surface area contributed by atoms with E-state index in [0.29, 0.717) is 0 Å². The van der Waals surface area contributed by atoms with E-state index in [1.165, 1.54) is 5.56 Å². The van der Waals surface area contributed by atoms with Gasteiger partial charge < -0.3 is 10.1 Å². The van der Waals surface area contributed by atoms with Gasteiger partial charge in [-0.05, 0) is 37.6 Å². The standard InChI is InChI=1S/C12H16BrNO/c1-15-12(6-8-14-9-7-12)10-4-2-3-5-11(10)13/h2-5,14H,6-9H2,1H3. The van der Waals surface area contributed by atoms with E-state index in [9.17, 15) is 0 Å². The molecule has 3 heteroatoms. The highest BCUT2D eigenvalue weighted by molar-refractivity contribution is 9.10. The fourth-order valence-electron chi connectivity index (χ4n) is 2.24. The van der Waals surface area contributed by atoms with Crippen molar-refractivity contribution in [2.24, 2.45) is 0 Å². The summed E-state index contributed by atoms with van der Waals surface area (Å²) >= 11 is 3.61. The monoisotopic (exact) mass is 269 g/mol. The smallest absolute Gasteiger partial charge is 0.0962 e. The van der Waals surface area contributed by atoms with E-state index >= 15 is 0 Å². The van der Waals surface area contributed by atoms with E-state index in [4.69, 9.17) is 4.74 Å². The van der Waals surface area contributed by atoms with Gasteiger partial charge in [-0.3, -0.25) is 0 Å². The second-order valence-corrected chi connectivity index (χ2v) is 4.78. The fourth-order valence-corrected chi connectivity index (χ4v) is 2.89. The summed E-state index contributed by atoms with van der Waals surface area (Å²) in [7, 11) is 1.81. The maximum Gasteiger partial charge on any atom is 0.0962 e. The molecule has 1 aromatic carbocycles. The molecule has 0 unspecified atom stereocenters. The van der Waals surface area contributed by atoms with Crippen molar-refractivity contribution >= 4 is 15.9 Å². The molecule has 0 atom stereocenters. The molecule has 0 amide bonds. The molecule has 1 aromatic rings. The Hall–Kier alpha value is -0.380. The summed E-state index contributed by atoms with van der Waals surface area (Å²) in [5, 5.41) is 3.37. The zero-order chi connectivity index (χ0) is 10.7. The summed E-state index contributed by atoms with van der Waals surface area (Å²) in [6.45, 7) is 2.05. The molecule has 1 aliphatic rings. The second-order valence-electron chi connectivity index (χ2n) is 3.93. The van der Waals surface area contributed by atoms with Crippen LogP contribution in [-0.2, 0) is 10.3 Å². The van der Waals surface area contributed by atoms with Crippen molar-refractivity contribution in [3.8, 4) is 0 Å². The van der Waals surface area contributed by atoms with Crippen molar-refractivity contribution < 1.29 is 4.74 Å². The number of rotatable bonds is 2. The Labute approximate surface area is 99.1 Å². The van der Waals surface area contributed by atoms with E-state index in [-0.39, 0.29) is 5.60 Å². The van der Waals surface area contributed by atoms with E-state index < -0.39 is 0 Å². The minimum atomic E-state index is -0.106. The van der Waals surface area contributed by atoms with Gasteiger partial charge in [0.05, 0.1) is 5.60 Å². The minimum Gasteiger partial charge on any atom is -0.373 e. The lowest BCUT2D eigenvalue weighted by Gasteiger charge is -2.37. The first-order valence-electron chi connectivity index (χ1n) is 5.29. The molecule has 0 saturated carbocycles. The molecule has 82 valence electrons. The molecular weight excluding hydrogens is 254 g/mol. The average Bonchev–Trinajstić information content (AvgIpc) is 2.30. The number of nitrogens with one attached hydrogen (secondary N) is 1. The zero-order valence-electron chi connectivity index (χ0n) is 8.92. The van der Waals surface area contributed by atoms with Crippen molar-refractivity contribution in [3.05, 3.63) is 34.3 Å². The summed E-state index contributed by atoms with van der Waals surface area (Å²) in [4.78, 5) is 0. The number of piperidine rings is 1. The normalized spacial score (nSPS) is 20.1. The van der Waals surface area contributed by atoms with Crippen LogP contribution in [0.25, 0.3) is 0 Å². The highest BCUT2D eigenvalue weighted by atomic mass is 79.9. The Bertz CT molecular complexity index is 334. The van der Waals surface area contributed by atoms with Crippen molar-refractivity contribution in [1.29, 1.82) is 0 Å². The molecule has 0 aliphatic carbocycles. The first kappa shape index (κ1) is 11.1. The van der Waals surface area contributed by atoms with Gasteiger partial charge in [-0.2, -0.15) is 0 Å². The topological polar surface area (TPSA) is 21.3 Å². The molecule has 1 fully saturated rings. The number of benzene rings is 1. The highest BCUT2D eigenvalue weighted by Crippen LogP contribution is 2.37.